The third-order valence-electron chi connectivity index (χ3n) is 3.50. The molecule has 9 heavy (non-hydrogen) atoms. The molecular formula is C9H12. The van der Waals surface area contributed by atoms with E-state index >= 15 is 0 Å². The largest absolute Gasteiger partial charge is 0.0626 e. The summed E-state index contributed by atoms with van der Waals surface area (Å²) in [5, 5.41) is 0. The highest BCUT2D eigenvalue weighted by molar-refractivity contribution is 5.51. The van der Waals surface area contributed by atoms with Crippen molar-refractivity contribution in [1.29, 1.82) is 0 Å². The minimum absolute atomic E-state index is 1.04. The molecule has 3 aliphatic carbocycles. The van der Waals surface area contributed by atoms with Crippen LogP contribution in [0, 0.1) is 17.8 Å². The zero-order chi connectivity index (χ0) is 6.01. The van der Waals surface area contributed by atoms with Crippen LogP contribution >= 0.6 is 0 Å². The van der Waals surface area contributed by atoms with Crippen molar-refractivity contribution in [3.8, 4) is 0 Å². The Morgan fingerprint density at radius 3 is 2.89 bits per heavy atom. The van der Waals surface area contributed by atoms with Crippen molar-refractivity contribution in [3.63, 3.8) is 0 Å². The van der Waals surface area contributed by atoms with E-state index in [-0.39, 0.29) is 0 Å². The normalized spacial score (nSPS) is 52.3. The van der Waals surface area contributed by atoms with E-state index in [0.29, 0.717) is 0 Å². The number of hydrogen-bond acceptors (Lipinski definition) is 0. The van der Waals surface area contributed by atoms with Gasteiger partial charge in [-0.3, -0.25) is 0 Å². The van der Waals surface area contributed by atoms with Crippen molar-refractivity contribution >= 4 is 0 Å². The van der Waals surface area contributed by atoms with E-state index in [1.807, 2.05) is 11.1 Å². The summed E-state index contributed by atoms with van der Waals surface area (Å²) in [5.74, 6) is 3.21. The molecule has 0 spiro atoms. The van der Waals surface area contributed by atoms with Gasteiger partial charge in [-0.1, -0.05) is 18.1 Å². The summed E-state index contributed by atoms with van der Waals surface area (Å²) in [4.78, 5) is 0. The minimum Gasteiger partial charge on any atom is -0.0626 e. The molecule has 0 radical (unpaired) electrons. The van der Waals surface area contributed by atoms with Crippen molar-refractivity contribution in [2.24, 2.45) is 17.8 Å². The second kappa shape index (κ2) is 1.12. The van der Waals surface area contributed by atoms with E-state index in [4.69, 9.17) is 0 Å². The number of hydrogen-bond donors (Lipinski definition) is 0. The van der Waals surface area contributed by atoms with Gasteiger partial charge in [0.15, 0.2) is 0 Å². The van der Waals surface area contributed by atoms with Gasteiger partial charge in [-0.25, -0.2) is 0 Å². The zero-order valence-corrected chi connectivity index (χ0v) is 5.85. The van der Waals surface area contributed by atoms with Crippen LogP contribution in [0.4, 0.5) is 0 Å². The Morgan fingerprint density at radius 1 is 1.22 bits per heavy atom. The van der Waals surface area contributed by atoms with Gasteiger partial charge in [0.25, 0.3) is 0 Å². The van der Waals surface area contributed by atoms with Crippen LogP contribution in [-0.2, 0) is 0 Å². The molecule has 0 aliphatic heterocycles. The molecular weight excluding hydrogens is 108 g/mol. The maximum Gasteiger partial charge on any atom is -0.00965 e. The summed E-state index contributed by atoms with van der Waals surface area (Å²) in [7, 11) is 0. The van der Waals surface area contributed by atoms with Gasteiger partial charge in [0.05, 0.1) is 0 Å². The number of fused-ring (bicyclic) bond motifs is 3. The summed E-state index contributed by atoms with van der Waals surface area (Å²) < 4.78 is 0. The van der Waals surface area contributed by atoms with E-state index in [9.17, 15) is 0 Å². The van der Waals surface area contributed by atoms with E-state index in [1.165, 1.54) is 19.3 Å². The average Bonchev–Trinajstić information content (AvgIpc) is 2.38. The Balaban J connectivity index is 1.99. The molecule has 1 saturated carbocycles. The fourth-order valence-corrected chi connectivity index (χ4v) is 2.94. The summed E-state index contributed by atoms with van der Waals surface area (Å²) in [5.41, 5.74) is 3.73. The fraction of sp³-hybridized carbons (Fsp3) is 0.778. The first kappa shape index (κ1) is 4.54. The number of rotatable bonds is 0. The van der Waals surface area contributed by atoms with Crippen molar-refractivity contribution in [2.75, 3.05) is 0 Å². The highest BCUT2D eigenvalue weighted by Gasteiger charge is 2.53. The second-order valence-corrected chi connectivity index (χ2v) is 3.91. The van der Waals surface area contributed by atoms with Crippen molar-refractivity contribution in [3.05, 3.63) is 11.1 Å². The molecule has 1 fully saturated rings. The van der Waals surface area contributed by atoms with Crippen LogP contribution in [0.2, 0.25) is 0 Å². The van der Waals surface area contributed by atoms with Crippen LogP contribution in [0.15, 0.2) is 11.1 Å². The maximum absolute atomic E-state index is 2.42. The molecule has 0 amide bonds. The Bertz CT molecular complexity index is 200. The minimum atomic E-state index is 1.04. The lowest BCUT2D eigenvalue weighted by Gasteiger charge is -2.23. The SMILES string of the molecule is CC1CCC2C3=C(C3)C12. The van der Waals surface area contributed by atoms with E-state index in [2.05, 4.69) is 6.92 Å². The van der Waals surface area contributed by atoms with E-state index in [0.717, 1.165) is 17.8 Å². The van der Waals surface area contributed by atoms with Gasteiger partial charge in [-0.15, -0.1) is 0 Å². The molecule has 48 valence electrons. The number of allylic oxidation sites excluding steroid dienone is 2. The molecule has 0 heteroatoms. The molecule has 0 nitrogen and oxygen atoms in total. The smallest absolute Gasteiger partial charge is 0.00965 e. The average molecular weight is 120 g/mol. The molecule has 0 heterocycles. The van der Waals surface area contributed by atoms with Gasteiger partial charge in [0.1, 0.15) is 0 Å². The Morgan fingerprint density at radius 2 is 2.11 bits per heavy atom. The summed E-state index contributed by atoms with van der Waals surface area (Å²) in [6.07, 6.45) is 4.46. The quantitative estimate of drug-likeness (QED) is 0.430. The van der Waals surface area contributed by atoms with Gasteiger partial charge in [0, 0.05) is 0 Å². The first-order valence-electron chi connectivity index (χ1n) is 4.09. The molecule has 0 saturated heterocycles. The molecule has 3 aliphatic rings. The van der Waals surface area contributed by atoms with Crippen molar-refractivity contribution in [2.45, 2.75) is 26.2 Å². The lowest BCUT2D eigenvalue weighted by molar-refractivity contribution is 0.414. The Hall–Kier alpha value is -0.260. The zero-order valence-electron chi connectivity index (χ0n) is 5.85. The van der Waals surface area contributed by atoms with Gasteiger partial charge >= 0.3 is 0 Å². The van der Waals surface area contributed by atoms with Crippen LogP contribution < -0.4 is 0 Å². The highest BCUT2D eigenvalue weighted by Crippen LogP contribution is 2.65. The molecule has 0 aromatic carbocycles. The Kier molecular flexibility index (Phi) is 0.564. The predicted octanol–water partition coefficient (Wildman–Crippen LogP) is 2.36. The van der Waals surface area contributed by atoms with Crippen molar-refractivity contribution in [1.82, 2.24) is 0 Å². The van der Waals surface area contributed by atoms with Crippen LogP contribution in [0.25, 0.3) is 0 Å². The molecule has 0 N–H and O–H groups in total. The molecule has 3 unspecified atom stereocenters. The predicted molar refractivity (Wildman–Crippen MR) is 37.0 cm³/mol. The van der Waals surface area contributed by atoms with Gasteiger partial charge in [-0.05, 0) is 37.0 Å². The monoisotopic (exact) mass is 120 g/mol. The molecule has 0 aromatic heterocycles. The van der Waals surface area contributed by atoms with Crippen LogP contribution in [0.3, 0.4) is 0 Å². The summed E-state index contributed by atoms with van der Waals surface area (Å²) in [6.45, 7) is 2.42. The Labute approximate surface area is 56.0 Å². The van der Waals surface area contributed by atoms with Crippen LogP contribution in [0.1, 0.15) is 26.2 Å². The molecule has 0 aromatic rings. The second-order valence-electron chi connectivity index (χ2n) is 3.91. The van der Waals surface area contributed by atoms with E-state index < -0.39 is 0 Å². The standard InChI is InChI=1S/C9H12/c1-5-2-3-6-7-4-8(7)9(5)6/h5-6,9H,2-4H2,1H3. The van der Waals surface area contributed by atoms with E-state index in [1.54, 1.807) is 0 Å². The third-order valence-corrected chi connectivity index (χ3v) is 3.50. The lowest BCUT2D eigenvalue weighted by atomic mass is 9.81. The third kappa shape index (κ3) is 0.357. The van der Waals surface area contributed by atoms with Gasteiger partial charge in [0.2, 0.25) is 0 Å². The molecule has 0 bridgehead atoms. The molecule has 3 atom stereocenters. The molecule has 3 rings (SSSR count). The maximum atomic E-state index is 2.42. The van der Waals surface area contributed by atoms with Gasteiger partial charge < -0.3 is 0 Å². The first-order valence-corrected chi connectivity index (χ1v) is 4.09. The highest BCUT2D eigenvalue weighted by atomic mass is 14.6. The van der Waals surface area contributed by atoms with Crippen molar-refractivity contribution < 1.29 is 0 Å². The summed E-state index contributed by atoms with van der Waals surface area (Å²) >= 11 is 0. The summed E-state index contributed by atoms with van der Waals surface area (Å²) in [6, 6.07) is 0. The fourth-order valence-electron chi connectivity index (χ4n) is 2.94. The van der Waals surface area contributed by atoms with Crippen LogP contribution in [-0.4, -0.2) is 0 Å². The van der Waals surface area contributed by atoms with Gasteiger partial charge in [-0.2, -0.15) is 0 Å². The topological polar surface area (TPSA) is 0 Å². The first-order chi connectivity index (χ1) is 4.38. The lowest BCUT2D eigenvalue weighted by Crippen LogP contribution is -2.15. The van der Waals surface area contributed by atoms with Crippen LogP contribution in [0.5, 0.6) is 0 Å².